The number of hydrogen-bond donors (Lipinski definition) is 1. The molecule has 0 saturated carbocycles. The number of halogens is 1. The summed E-state index contributed by atoms with van der Waals surface area (Å²) in [5.74, 6) is -0.0995. The minimum absolute atomic E-state index is 0.0995. The molecule has 112 valence electrons. The normalized spacial score (nSPS) is 20.4. The Morgan fingerprint density at radius 1 is 1.35 bits per heavy atom. The van der Waals surface area contributed by atoms with E-state index in [1.165, 1.54) is 0 Å². The number of rotatable bonds is 5. The number of hydrogen-bond acceptors (Lipinski definition) is 3. The molecule has 1 atom stereocenters. The summed E-state index contributed by atoms with van der Waals surface area (Å²) in [7, 11) is 2.13. The van der Waals surface area contributed by atoms with Gasteiger partial charge in [0.25, 0.3) is 0 Å². The molecule has 0 bridgehead atoms. The van der Waals surface area contributed by atoms with E-state index in [4.69, 9.17) is 0 Å². The van der Waals surface area contributed by atoms with Crippen molar-refractivity contribution in [2.75, 3.05) is 38.1 Å². The van der Waals surface area contributed by atoms with Crippen LogP contribution in [-0.4, -0.2) is 44.2 Å². The minimum Gasteiger partial charge on any atom is -0.366 e. The van der Waals surface area contributed by atoms with Crippen LogP contribution < -0.4 is 10.2 Å². The molecular formula is C16H26FN3. The highest BCUT2D eigenvalue weighted by Crippen LogP contribution is 2.23. The van der Waals surface area contributed by atoms with E-state index < -0.39 is 0 Å². The lowest BCUT2D eigenvalue weighted by Gasteiger charge is -2.39. The highest BCUT2D eigenvalue weighted by Gasteiger charge is 2.22. The fourth-order valence-corrected chi connectivity index (χ4v) is 2.59. The van der Waals surface area contributed by atoms with E-state index >= 15 is 0 Å². The first-order chi connectivity index (χ1) is 9.61. The van der Waals surface area contributed by atoms with Crippen molar-refractivity contribution in [1.82, 2.24) is 10.2 Å². The lowest BCUT2D eigenvalue weighted by molar-refractivity contribution is 0.233. The first-order valence-corrected chi connectivity index (χ1v) is 7.56. The van der Waals surface area contributed by atoms with Gasteiger partial charge in [0.1, 0.15) is 5.82 Å². The summed E-state index contributed by atoms with van der Waals surface area (Å²) in [4.78, 5) is 4.47. The molecule has 1 aromatic carbocycles. The SMILES string of the molecule is CCCNCc1ccc(N2CCN(C)C(C)C2)c(F)c1. The van der Waals surface area contributed by atoms with Gasteiger partial charge < -0.3 is 15.1 Å². The zero-order valence-electron chi connectivity index (χ0n) is 12.8. The summed E-state index contributed by atoms with van der Waals surface area (Å²) in [5, 5.41) is 3.30. The third-order valence-electron chi connectivity index (χ3n) is 4.07. The molecule has 1 aliphatic heterocycles. The first kappa shape index (κ1) is 15.3. The Bertz CT molecular complexity index is 436. The smallest absolute Gasteiger partial charge is 0.146 e. The lowest BCUT2D eigenvalue weighted by atomic mass is 10.1. The standard InChI is InChI=1S/C16H26FN3/c1-4-7-18-11-14-5-6-16(15(17)10-14)20-9-8-19(3)13(2)12-20/h5-6,10,13,18H,4,7-9,11-12H2,1-3H3. The van der Waals surface area contributed by atoms with Crippen LogP contribution in [0.15, 0.2) is 18.2 Å². The summed E-state index contributed by atoms with van der Waals surface area (Å²) in [6.07, 6.45) is 1.10. The molecule has 20 heavy (non-hydrogen) atoms. The van der Waals surface area contributed by atoms with Crippen LogP contribution in [-0.2, 0) is 6.54 Å². The second kappa shape index (κ2) is 7.04. The average Bonchev–Trinajstić information content (AvgIpc) is 2.43. The van der Waals surface area contributed by atoms with Gasteiger partial charge in [0.2, 0.25) is 0 Å². The highest BCUT2D eigenvalue weighted by molar-refractivity contribution is 5.49. The van der Waals surface area contributed by atoms with E-state index in [9.17, 15) is 4.39 Å². The van der Waals surface area contributed by atoms with E-state index in [-0.39, 0.29) is 5.82 Å². The number of nitrogens with zero attached hydrogens (tertiary/aromatic N) is 2. The summed E-state index contributed by atoms with van der Waals surface area (Å²) < 4.78 is 14.3. The molecule has 1 fully saturated rings. The third-order valence-corrected chi connectivity index (χ3v) is 4.07. The Kier molecular flexibility index (Phi) is 5.38. The Labute approximate surface area is 121 Å². The molecule has 1 N–H and O–H groups in total. The predicted octanol–water partition coefficient (Wildman–Crippen LogP) is 2.47. The van der Waals surface area contributed by atoms with Gasteiger partial charge in [-0.25, -0.2) is 4.39 Å². The maximum absolute atomic E-state index is 14.3. The van der Waals surface area contributed by atoms with E-state index in [1.807, 2.05) is 12.1 Å². The highest BCUT2D eigenvalue weighted by atomic mass is 19.1. The van der Waals surface area contributed by atoms with E-state index in [0.29, 0.717) is 6.04 Å². The van der Waals surface area contributed by atoms with Gasteiger partial charge in [0.15, 0.2) is 0 Å². The van der Waals surface area contributed by atoms with Crippen molar-refractivity contribution in [2.24, 2.45) is 0 Å². The number of benzene rings is 1. The van der Waals surface area contributed by atoms with Crippen molar-refractivity contribution in [3.8, 4) is 0 Å². The maximum Gasteiger partial charge on any atom is 0.146 e. The quantitative estimate of drug-likeness (QED) is 0.835. The molecule has 1 unspecified atom stereocenters. The average molecular weight is 279 g/mol. The van der Waals surface area contributed by atoms with E-state index in [1.54, 1.807) is 6.07 Å². The van der Waals surface area contributed by atoms with Gasteiger partial charge in [-0.1, -0.05) is 13.0 Å². The van der Waals surface area contributed by atoms with Crippen LogP contribution in [0.4, 0.5) is 10.1 Å². The molecule has 4 heteroatoms. The largest absolute Gasteiger partial charge is 0.366 e. The topological polar surface area (TPSA) is 18.5 Å². The Hall–Kier alpha value is -1.13. The molecule has 0 spiro atoms. The van der Waals surface area contributed by atoms with Crippen LogP contribution in [0, 0.1) is 5.82 Å². The lowest BCUT2D eigenvalue weighted by Crippen LogP contribution is -2.50. The molecular weight excluding hydrogens is 253 g/mol. The van der Waals surface area contributed by atoms with Gasteiger partial charge in [0.05, 0.1) is 5.69 Å². The molecule has 1 heterocycles. The summed E-state index contributed by atoms with van der Waals surface area (Å²) in [6.45, 7) is 8.80. The van der Waals surface area contributed by atoms with E-state index in [0.717, 1.165) is 50.4 Å². The number of likely N-dealkylation sites (N-methyl/N-ethyl adjacent to an activating group) is 1. The molecule has 0 aromatic heterocycles. The molecule has 2 rings (SSSR count). The second-order valence-corrected chi connectivity index (χ2v) is 5.74. The fourth-order valence-electron chi connectivity index (χ4n) is 2.59. The summed E-state index contributed by atoms with van der Waals surface area (Å²) in [6, 6.07) is 6.09. The van der Waals surface area contributed by atoms with Crippen molar-refractivity contribution >= 4 is 5.69 Å². The zero-order valence-corrected chi connectivity index (χ0v) is 12.8. The predicted molar refractivity (Wildman–Crippen MR) is 82.7 cm³/mol. The first-order valence-electron chi connectivity index (χ1n) is 7.56. The Morgan fingerprint density at radius 3 is 2.80 bits per heavy atom. The minimum atomic E-state index is -0.0995. The van der Waals surface area contributed by atoms with Crippen molar-refractivity contribution in [2.45, 2.75) is 32.9 Å². The summed E-state index contributed by atoms with van der Waals surface area (Å²) >= 11 is 0. The van der Waals surface area contributed by atoms with Crippen LogP contribution in [0.5, 0.6) is 0 Å². The molecule has 1 aromatic rings. The fraction of sp³-hybridized carbons (Fsp3) is 0.625. The van der Waals surface area contributed by atoms with Crippen LogP contribution in [0.1, 0.15) is 25.8 Å². The number of anilines is 1. The van der Waals surface area contributed by atoms with Crippen molar-refractivity contribution < 1.29 is 4.39 Å². The van der Waals surface area contributed by atoms with Gasteiger partial charge in [-0.15, -0.1) is 0 Å². The second-order valence-electron chi connectivity index (χ2n) is 5.74. The molecule has 0 aliphatic carbocycles. The maximum atomic E-state index is 14.3. The Balaban J connectivity index is 2.02. The van der Waals surface area contributed by atoms with Gasteiger partial charge >= 0.3 is 0 Å². The van der Waals surface area contributed by atoms with E-state index in [2.05, 4.69) is 36.0 Å². The molecule has 0 amide bonds. The molecule has 1 saturated heterocycles. The van der Waals surface area contributed by atoms with Crippen molar-refractivity contribution in [1.29, 1.82) is 0 Å². The van der Waals surface area contributed by atoms with Crippen molar-refractivity contribution in [3.63, 3.8) is 0 Å². The number of nitrogens with one attached hydrogen (secondary N) is 1. The molecule has 3 nitrogen and oxygen atoms in total. The van der Waals surface area contributed by atoms with Crippen LogP contribution >= 0.6 is 0 Å². The van der Waals surface area contributed by atoms with Crippen LogP contribution in [0.25, 0.3) is 0 Å². The van der Waals surface area contributed by atoms with Gasteiger partial charge in [0, 0.05) is 32.2 Å². The number of piperazine rings is 1. The van der Waals surface area contributed by atoms with Crippen LogP contribution in [0.3, 0.4) is 0 Å². The third kappa shape index (κ3) is 3.70. The van der Waals surface area contributed by atoms with Gasteiger partial charge in [-0.3, -0.25) is 0 Å². The summed E-state index contributed by atoms with van der Waals surface area (Å²) in [5.41, 5.74) is 1.76. The molecule has 1 aliphatic rings. The zero-order chi connectivity index (χ0) is 14.5. The molecule has 0 radical (unpaired) electrons. The van der Waals surface area contributed by atoms with Crippen molar-refractivity contribution in [3.05, 3.63) is 29.6 Å². The van der Waals surface area contributed by atoms with Crippen LogP contribution in [0.2, 0.25) is 0 Å². The van der Waals surface area contributed by atoms with Gasteiger partial charge in [-0.05, 0) is 44.6 Å². The van der Waals surface area contributed by atoms with Gasteiger partial charge in [-0.2, -0.15) is 0 Å². The Morgan fingerprint density at radius 2 is 2.15 bits per heavy atom. The monoisotopic (exact) mass is 279 g/mol.